The summed E-state index contributed by atoms with van der Waals surface area (Å²) in [5.74, 6) is -1.43. The van der Waals surface area contributed by atoms with Gasteiger partial charge in [-0.2, -0.15) is 0 Å². The Morgan fingerprint density at radius 2 is 1.66 bits per heavy atom. The molecule has 0 unspecified atom stereocenters. The second-order valence-corrected chi connectivity index (χ2v) is 7.43. The molecule has 0 aliphatic rings. The number of fused-ring (bicyclic) bond motifs is 1. The molecule has 8 heteroatoms. The summed E-state index contributed by atoms with van der Waals surface area (Å²) in [7, 11) is 0. The fourth-order valence-electron chi connectivity index (χ4n) is 3.14. The van der Waals surface area contributed by atoms with E-state index in [0.29, 0.717) is 17.0 Å². The van der Waals surface area contributed by atoms with Crippen LogP contribution in [0.5, 0.6) is 0 Å². The lowest BCUT2D eigenvalue weighted by Gasteiger charge is -2.13. The summed E-state index contributed by atoms with van der Waals surface area (Å²) < 4.78 is 19.3. The van der Waals surface area contributed by atoms with Crippen LogP contribution < -0.4 is 16.0 Å². The molecule has 3 aromatic carbocycles. The van der Waals surface area contributed by atoms with Crippen molar-refractivity contribution in [2.24, 2.45) is 0 Å². The van der Waals surface area contributed by atoms with E-state index in [9.17, 15) is 14.0 Å². The minimum absolute atomic E-state index is 0.0247. The summed E-state index contributed by atoms with van der Waals surface area (Å²) >= 11 is 5.15. The van der Waals surface area contributed by atoms with Crippen LogP contribution in [0.4, 0.5) is 15.8 Å². The lowest BCUT2D eigenvalue weighted by atomic mass is 10.1. The Kier molecular flexibility index (Phi) is 5.96. The zero-order valence-electron chi connectivity index (χ0n) is 16.9. The Morgan fingerprint density at radius 1 is 0.906 bits per heavy atom. The minimum atomic E-state index is -0.646. The van der Waals surface area contributed by atoms with Crippen molar-refractivity contribution in [2.75, 3.05) is 10.6 Å². The molecule has 0 saturated carbocycles. The molecular formula is C24H18FN3O3S. The second-order valence-electron chi connectivity index (χ2n) is 7.02. The summed E-state index contributed by atoms with van der Waals surface area (Å²) in [6.45, 7) is 1.82. The van der Waals surface area contributed by atoms with Gasteiger partial charge in [0.25, 0.3) is 11.8 Å². The molecule has 0 atom stereocenters. The summed E-state index contributed by atoms with van der Waals surface area (Å²) in [4.78, 5) is 24.7. The summed E-state index contributed by atoms with van der Waals surface area (Å²) in [6.07, 6.45) is 0. The first-order valence-electron chi connectivity index (χ1n) is 9.68. The van der Waals surface area contributed by atoms with Crippen LogP contribution in [0.1, 0.15) is 26.5 Å². The van der Waals surface area contributed by atoms with Crippen LogP contribution in [-0.2, 0) is 0 Å². The van der Waals surface area contributed by atoms with E-state index in [1.165, 1.54) is 18.2 Å². The second kappa shape index (κ2) is 8.99. The Morgan fingerprint density at radius 3 is 2.41 bits per heavy atom. The van der Waals surface area contributed by atoms with Crippen LogP contribution in [-0.4, -0.2) is 16.9 Å². The number of rotatable bonds is 4. The third-order valence-electron chi connectivity index (χ3n) is 4.73. The minimum Gasteiger partial charge on any atom is -0.451 e. The van der Waals surface area contributed by atoms with Gasteiger partial charge in [-0.25, -0.2) is 4.39 Å². The van der Waals surface area contributed by atoms with Crippen LogP contribution in [0.25, 0.3) is 11.0 Å². The zero-order chi connectivity index (χ0) is 22.7. The van der Waals surface area contributed by atoms with Gasteiger partial charge in [0.05, 0.1) is 5.56 Å². The van der Waals surface area contributed by atoms with Crippen molar-refractivity contribution in [3.8, 4) is 0 Å². The third-order valence-corrected chi connectivity index (χ3v) is 4.93. The molecular weight excluding hydrogens is 429 g/mol. The number of para-hydroxylation sites is 1. The molecule has 0 aliphatic carbocycles. The maximum absolute atomic E-state index is 13.7. The number of thiocarbonyl (C=S) groups is 1. The molecule has 1 heterocycles. The number of hydrogen-bond donors (Lipinski definition) is 3. The number of halogens is 1. The number of nitrogens with one attached hydrogen (secondary N) is 3. The van der Waals surface area contributed by atoms with Crippen molar-refractivity contribution in [3.63, 3.8) is 0 Å². The van der Waals surface area contributed by atoms with Crippen molar-refractivity contribution in [1.29, 1.82) is 0 Å². The number of benzene rings is 3. The summed E-state index contributed by atoms with van der Waals surface area (Å²) in [6, 6.07) is 19.9. The van der Waals surface area contributed by atoms with Crippen molar-refractivity contribution < 1.29 is 18.4 Å². The predicted octanol–water partition coefficient (Wildman–Crippen LogP) is 5.26. The molecule has 0 spiro atoms. The lowest BCUT2D eigenvalue weighted by molar-refractivity contribution is 0.0971. The van der Waals surface area contributed by atoms with Gasteiger partial charge in [-0.05, 0) is 67.2 Å². The van der Waals surface area contributed by atoms with Gasteiger partial charge in [0.1, 0.15) is 11.4 Å². The Hall–Kier alpha value is -4.04. The fourth-order valence-corrected chi connectivity index (χ4v) is 3.35. The first kappa shape index (κ1) is 21.2. The number of carbonyl (C=O) groups excluding carboxylic acids is 2. The van der Waals surface area contributed by atoms with Crippen LogP contribution in [0.15, 0.2) is 77.2 Å². The smallest absolute Gasteiger partial charge is 0.291 e. The SMILES string of the molecule is Cc1cc(NC(=S)NC(=O)c2ccccc2F)ccc1NC(=O)c1cc2ccccc2o1. The molecule has 3 N–H and O–H groups in total. The highest BCUT2D eigenvalue weighted by atomic mass is 32.1. The van der Waals surface area contributed by atoms with Gasteiger partial charge in [-0.3, -0.25) is 14.9 Å². The topological polar surface area (TPSA) is 83.4 Å². The molecule has 32 heavy (non-hydrogen) atoms. The van der Waals surface area contributed by atoms with Crippen molar-refractivity contribution in [1.82, 2.24) is 5.32 Å². The molecule has 2 amide bonds. The van der Waals surface area contributed by atoms with E-state index in [-0.39, 0.29) is 22.3 Å². The standard InChI is InChI=1S/C24H18FN3O3S/c1-14-12-16(26-24(32)28-22(29)17-7-3-4-8-18(17)25)10-11-19(14)27-23(30)21-13-15-6-2-5-9-20(15)31-21/h2-13H,1H3,(H,27,30)(H2,26,28,29,32). The molecule has 6 nitrogen and oxygen atoms in total. The maximum atomic E-state index is 13.7. The van der Waals surface area contributed by atoms with E-state index in [2.05, 4.69) is 16.0 Å². The van der Waals surface area contributed by atoms with E-state index >= 15 is 0 Å². The number of furan rings is 1. The molecule has 160 valence electrons. The van der Waals surface area contributed by atoms with Crippen LogP contribution in [0.3, 0.4) is 0 Å². The lowest BCUT2D eigenvalue weighted by Crippen LogP contribution is -2.34. The molecule has 0 aliphatic heterocycles. The molecule has 4 aromatic rings. The number of carbonyl (C=O) groups is 2. The highest BCUT2D eigenvalue weighted by Gasteiger charge is 2.15. The van der Waals surface area contributed by atoms with E-state index in [4.69, 9.17) is 16.6 Å². The van der Waals surface area contributed by atoms with Gasteiger partial charge >= 0.3 is 0 Å². The molecule has 0 fully saturated rings. The maximum Gasteiger partial charge on any atom is 0.291 e. The Balaban J connectivity index is 1.40. The molecule has 0 bridgehead atoms. The largest absolute Gasteiger partial charge is 0.451 e. The first-order chi connectivity index (χ1) is 15.4. The van der Waals surface area contributed by atoms with E-state index in [0.717, 1.165) is 10.9 Å². The zero-order valence-corrected chi connectivity index (χ0v) is 17.8. The predicted molar refractivity (Wildman–Crippen MR) is 125 cm³/mol. The van der Waals surface area contributed by atoms with Crippen molar-refractivity contribution >= 4 is 51.5 Å². The third kappa shape index (κ3) is 4.65. The number of amides is 2. The monoisotopic (exact) mass is 447 g/mol. The summed E-state index contributed by atoms with van der Waals surface area (Å²) in [5, 5.41) is 9.02. The molecule has 1 aromatic heterocycles. The van der Waals surface area contributed by atoms with E-state index in [1.54, 1.807) is 36.4 Å². The number of hydrogen-bond acceptors (Lipinski definition) is 4. The van der Waals surface area contributed by atoms with Gasteiger partial charge in [0.2, 0.25) is 0 Å². The van der Waals surface area contributed by atoms with Crippen LogP contribution in [0.2, 0.25) is 0 Å². The number of anilines is 2. The fraction of sp³-hybridized carbons (Fsp3) is 0.0417. The highest BCUT2D eigenvalue weighted by Crippen LogP contribution is 2.23. The van der Waals surface area contributed by atoms with E-state index < -0.39 is 11.7 Å². The molecule has 4 rings (SSSR count). The van der Waals surface area contributed by atoms with Gasteiger partial charge in [0.15, 0.2) is 10.9 Å². The Bertz CT molecular complexity index is 1320. The van der Waals surface area contributed by atoms with Gasteiger partial charge in [-0.15, -0.1) is 0 Å². The first-order valence-corrected chi connectivity index (χ1v) is 10.1. The molecule has 0 radical (unpaired) electrons. The normalized spacial score (nSPS) is 10.6. The van der Waals surface area contributed by atoms with Crippen LogP contribution in [0, 0.1) is 12.7 Å². The van der Waals surface area contributed by atoms with Gasteiger partial charge < -0.3 is 15.1 Å². The number of aryl methyl sites for hydroxylation is 1. The van der Waals surface area contributed by atoms with Crippen LogP contribution >= 0.6 is 12.2 Å². The molecule has 0 saturated heterocycles. The van der Waals surface area contributed by atoms with Gasteiger partial charge in [-0.1, -0.05) is 30.3 Å². The van der Waals surface area contributed by atoms with Crippen molar-refractivity contribution in [3.05, 3.63) is 95.5 Å². The Labute approximate surface area is 188 Å². The average Bonchev–Trinajstić information content (AvgIpc) is 3.20. The summed E-state index contributed by atoms with van der Waals surface area (Å²) in [5.41, 5.74) is 2.50. The van der Waals surface area contributed by atoms with Crippen molar-refractivity contribution in [2.45, 2.75) is 6.92 Å². The van der Waals surface area contributed by atoms with E-state index in [1.807, 2.05) is 25.1 Å². The quantitative estimate of drug-likeness (QED) is 0.372. The van der Waals surface area contributed by atoms with Gasteiger partial charge in [0, 0.05) is 16.8 Å². The average molecular weight is 447 g/mol. The highest BCUT2D eigenvalue weighted by molar-refractivity contribution is 7.80.